The van der Waals surface area contributed by atoms with Crippen LogP contribution >= 0.6 is 0 Å². The minimum Gasteiger partial charge on any atom is -0.467 e. The number of likely N-dealkylation sites (N-methyl/N-ethyl adjacent to an activating group) is 1. The number of amides is 2. The Balaban J connectivity index is 1.87. The van der Waals surface area contributed by atoms with Gasteiger partial charge in [0, 0.05) is 32.6 Å². The summed E-state index contributed by atoms with van der Waals surface area (Å²) in [6.45, 7) is 1.07. The van der Waals surface area contributed by atoms with Gasteiger partial charge in [-0.2, -0.15) is 5.10 Å². The van der Waals surface area contributed by atoms with Crippen molar-refractivity contribution in [1.82, 2.24) is 19.6 Å². The van der Waals surface area contributed by atoms with Gasteiger partial charge >= 0.3 is 5.97 Å². The average Bonchev–Trinajstić information content (AvgIpc) is 3.13. The number of esters is 1. The molecule has 0 spiro atoms. The number of β-amino-alcohol motifs (C(OH)–C–C–N with tert-alkyl or cyclic N) is 1. The van der Waals surface area contributed by atoms with Crippen LogP contribution in [0, 0.1) is 0 Å². The Morgan fingerprint density at radius 2 is 2.13 bits per heavy atom. The molecule has 9 heteroatoms. The van der Waals surface area contributed by atoms with E-state index in [4.69, 9.17) is 0 Å². The van der Waals surface area contributed by atoms with Gasteiger partial charge in [0.05, 0.1) is 19.8 Å². The van der Waals surface area contributed by atoms with Crippen molar-refractivity contribution in [3.8, 4) is 0 Å². The maximum atomic E-state index is 12.6. The molecule has 1 aromatic heterocycles. The van der Waals surface area contributed by atoms with Crippen molar-refractivity contribution in [2.45, 2.75) is 25.1 Å². The van der Waals surface area contributed by atoms with Crippen LogP contribution < -0.4 is 0 Å². The number of fused-ring (bicyclic) bond motifs is 1. The highest BCUT2D eigenvalue weighted by atomic mass is 16.5. The number of carbonyl (C=O) groups is 3. The number of likely N-dealkylation sites (tertiary alicyclic amines) is 1. The number of ether oxygens (including phenoxy) is 1. The largest absolute Gasteiger partial charge is 0.467 e. The van der Waals surface area contributed by atoms with Crippen molar-refractivity contribution >= 4 is 17.8 Å². The van der Waals surface area contributed by atoms with Crippen LogP contribution in [0.4, 0.5) is 0 Å². The predicted octanol–water partition coefficient (Wildman–Crippen LogP) is -1.28. The molecule has 124 valence electrons. The van der Waals surface area contributed by atoms with Crippen molar-refractivity contribution in [1.29, 1.82) is 0 Å². The van der Waals surface area contributed by atoms with Gasteiger partial charge in [-0.05, 0) is 0 Å². The fourth-order valence-corrected chi connectivity index (χ4v) is 2.95. The van der Waals surface area contributed by atoms with Crippen molar-refractivity contribution in [2.24, 2.45) is 0 Å². The molecule has 2 aliphatic rings. The highest BCUT2D eigenvalue weighted by Gasteiger charge is 2.41. The molecule has 1 saturated heterocycles. The number of rotatable bonds is 2. The second-order valence-corrected chi connectivity index (χ2v) is 5.75. The second-order valence-electron chi connectivity index (χ2n) is 5.75. The van der Waals surface area contributed by atoms with Gasteiger partial charge in [-0.25, -0.2) is 4.79 Å². The number of carbonyl (C=O) groups excluding carboxylic acids is 3. The number of methoxy groups -OCH3 is 1. The SMILES string of the molecule is COC(=O)[C@@H]1C[C@@H](O)CN1C(=O)c1cc2n(n1)CCN(C)C2=O. The summed E-state index contributed by atoms with van der Waals surface area (Å²) in [5.74, 6) is -1.27. The van der Waals surface area contributed by atoms with E-state index in [2.05, 4.69) is 9.84 Å². The van der Waals surface area contributed by atoms with Gasteiger partial charge in [0.25, 0.3) is 11.8 Å². The molecular formula is C14H18N4O5. The van der Waals surface area contributed by atoms with Gasteiger partial charge in [-0.15, -0.1) is 0 Å². The highest BCUT2D eigenvalue weighted by Crippen LogP contribution is 2.22. The molecule has 9 nitrogen and oxygen atoms in total. The molecule has 0 bridgehead atoms. The lowest BCUT2D eigenvalue weighted by Gasteiger charge is -2.22. The van der Waals surface area contributed by atoms with Crippen LogP contribution in [0.5, 0.6) is 0 Å². The Labute approximate surface area is 132 Å². The first-order chi connectivity index (χ1) is 10.9. The lowest BCUT2D eigenvalue weighted by molar-refractivity contribution is -0.145. The summed E-state index contributed by atoms with van der Waals surface area (Å²) < 4.78 is 6.18. The molecule has 0 aliphatic carbocycles. The molecular weight excluding hydrogens is 304 g/mol. The van der Waals surface area contributed by atoms with Crippen LogP contribution in [0.3, 0.4) is 0 Å². The number of aromatic nitrogens is 2. The van der Waals surface area contributed by atoms with Crippen LogP contribution in [-0.4, -0.2) is 81.9 Å². The number of hydrogen-bond acceptors (Lipinski definition) is 6. The lowest BCUT2D eigenvalue weighted by Crippen LogP contribution is -2.41. The summed E-state index contributed by atoms with van der Waals surface area (Å²) >= 11 is 0. The second kappa shape index (κ2) is 5.65. The van der Waals surface area contributed by atoms with E-state index in [9.17, 15) is 19.5 Å². The lowest BCUT2D eigenvalue weighted by atomic mass is 10.2. The third-order valence-electron chi connectivity index (χ3n) is 4.23. The quantitative estimate of drug-likeness (QED) is 0.680. The molecule has 2 atom stereocenters. The Morgan fingerprint density at radius 1 is 1.39 bits per heavy atom. The summed E-state index contributed by atoms with van der Waals surface area (Å²) in [5, 5.41) is 13.9. The molecule has 0 unspecified atom stereocenters. The van der Waals surface area contributed by atoms with Crippen LogP contribution in [0.25, 0.3) is 0 Å². The Hall–Kier alpha value is -2.42. The van der Waals surface area contributed by atoms with Crippen LogP contribution in [0.2, 0.25) is 0 Å². The van der Waals surface area contributed by atoms with E-state index in [0.717, 1.165) is 0 Å². The monoisotopic (exact) mass is 322 g/mol. The van der Waals surface area contributed by atoms with Gasteiger partial charge in [0.15, 0.2) is 5.69 Å². The van der Waals surface area contributed by atoms with Crippen molar-refractivity contribution in [3.63, 3.8) is 0 Å². The molecule has 3 rings (SSSR count). The normalized spacial score (nSPS) is 23.9. The third-order valence-corrected chi connectivity index (χ3v) is 4.23. The molecule has 0 aromatic carbocycles. The number of aliphatic hydroxyl groups excluding tert-OH is 1. The first-order valence-corrected chi connectivity index (χ1v) is 7.32. The van der Waals surface area contributed by atoms with Crippen LogP contribution in [0.15, 0.2) is 6.07 Å². The fraction of sp³-hybridized carbons (Fsp3) is 0.571. The standard InChI is InChI=1S/C14H18N4O5/c1-16-3-4-18-10(13(16)21)6-9(15-18)12(20)17-7-8(19)5-11(17)14(22)23-2/h6,8,11,19H,3-5,7H2,1-2H3/t8-,11+/m1/s1. The zero-order valence-electron chi connectivity index (χ0n) is 12.9. The first-order valence-electron chi connectivity index (χ1n) is 7.32. The highest BCUT2D eigenvalue weighted by molar-refractivity contribution is 5.99. The Bertz CT molecular complexity index is 670. The van der Waals surface area contributed by atoms with E-state index in [-0.39, 0.29) is 24.6 Å². The molecule has 23 heavy (non-hydrogen) atoms. The summed E-state index contributed by atoms with van der Waals surface area (Å²) in [6, 6.07) is 0.596. The molecule has 0 radical (unpaired) electrons. The van der Waals surface area contributed by atoms with Gasteiger partial charge in [0.1, 0.15) is 11.7 Å². The van der Waals surface area contributed by atoms with Gasteiger partial charge in [-0.3, -0.25) is 14.3 Å². The number of aliphatic hydroxyl groups is 1. The third kappa shape index (κ3) is 2.56. The van der Waals surface area contributed by atoms with E-state index in [1.807, 2.05) is 0 Å². The first kappa shape index (κ1) is 15.5. The summed E-state index contributed by atoms with van der Waals surface area (Å²) in [7, 11) is 2.92. The summed E-state index contributed by atoms with van der Waals surface area (Å²) in [4.78, 5) is 39.3. The molecule has 1 aromatic rings. The van der Waals surface area contributed by atoms with E-state index < -0.39 is 24.0 Å². The molecule has 3 heterocycles. The maximum absolute atomic E-state index is 12.6. The molecule has 2 aliphatic heterocycles. The smallest absolute Gasteiger partial charge is 0.328 e. The number of nitrogens with zero attached hydrogens (tertiary/aromatic N) is 4. The van der Waals surface area contributed by atoms with E-state index in [1.165, 1.54) is 22.8 Å². The Kier molecular flexibility index (Phi) is 3.80. The van der Waals surface area contributed by atoms with Crippen LogP contribution in [-0.2, 0) is 16.1 Å². The number of hydrogen-bond donors (Lipinski definition) is 1. The minimum atomic E-state index is -0.834. The van der Waals surface area contributed by atoms with E-state index in [0.29, 0.717) is 18.8 Å². The topological polar surface area (TPSA) is 105 Å². The van der Waals surface area contributed by atoms with Gasteiger partial charge in [0.2, 0.25) is 0 Å². The summed E-state index contributed by atoms with van der Waals surface area (Å²) in [6.07, 6.45) is -0.652. The fourth-order valence-electron chi connectivity index (χ4n) is 2.95. The molecule has 1 fully saturated rings. The van der Waals surface area contributed by atoms with E-state index >= 15 is 0 Å². The van der Waals surface area contributed by atoms with Crippen molar-refractivity contribution < 1.29 is 24.2 Å². The average molecular weight is 322 g/mol. The zero-order valence-corrected chi connectivity index (χ0v) is 12.9. The Morgan fingerprint density at radius 3 is 2.83 bits per heavy atom. The molecule has 1 N–H and O–H groups in total. The van der Waals surface area contributed by atoms with Crippen molar-refractivity contribution in [3.05, 3.63) is 17.5 Å². The van der Waals surface area contributed by atoms with E-state index in [1.54, 1.807) is 11.9 Å². The zero-order chi connectivity index (χ0) is 16.7. The molecule has 2 amide bonds. The molecule has 0 saturated carbocycles. The maximum Gasteiger partial charge on any atom is 0.328 e. The van der Waals surface area contributed by atoms with Gasteiger partial charge in [-0.1, -0.05) is 0 Å². The summed E-state index contributed by atoms with van der Waals surface area (Å²) in [5.41, 5.74) is 0.433. The van der Waals surface area contributed by atoms with Crippen LogP contribution in [0.1, 0.15) is 27.4 Å². The minimum absolute atomic E-state index is 0.0364. The predicted molar refractivity (Wildman–Crippen MR) is 76.7 cm³/mol. The van der Waals surface area contributed by atoms with Gasteiger partial charge < -0.3 is 19.6 Å². The van der Waals surface area contributed by atoms with Crippen molar-refractivity contribution in [2.75, 3.05) is 27.2 Å².